The zero-order chi connectivity index (χ0) is 13.1. The van der Waals surface area contributed by atoms with Crippen LogP contribution in [0.2, 0.25) is 0 Å². The smallest absolute Gasteiger partial charge is 0.137 e. The van der Waals surface area contributed by atoms with Crippen LogP contribution < -0.4 is 5.73 Å². The van der Waals surface area contributed by atoms with Crippen molar-refractivity contribution in [3.63, 3.8) is 0 Å². The first-order valence-corrected chi connectivity index (χ1v) is 7.55. The number of hydrogen-bond donors (Lipinski definition) is 1. The fourth-order valence-corrected chi connectivity index (χ4v) is 3.35. The van der Waals surface area contributed by atoms with Crippen LogP contribution in [-0.2, 0) is 6.54 Å². The topological polar surface area (TPSA) is 29.3 Å². The fraction of sp³-hybridized carbons (Fsp3) is 0.462. The van der Waals surface area contributed by atoms with E-state index in [2.05, 4.69) is 11.8 Å². The molecule has 1 aliphatic heterocycles. The summed E-state index contributed by atoms with van der Waals surface area (Å²) in [5.74, 6) is 1.95. The van der Waals surface area contributed by atoms with Gasteiger partial charge in [0.15, 0.2) is 0 Å². The summed E-state index contributed by atoms with van der Waals surface area (Å²) in [6, 6.07) is 5.75. The highest BCUT2D eigenvalue weighted by molar-refractivity contribution is 7.99. The van der Waals surface area contributed by atoms with Crippen LogP contribution in [0.4, 0.5) is 4.39 Å². The molecule has 1 heterocycles. The number of hydrogen-bond acceptors (Lipinski definition) is 3. The molecular formula is C13H17FN2S2. The second-order valence-corrected chi connectivity index (χ2v) is 6.13. The zero-order valence-electron chi connectivity index (χ0n) is 10.4. The predicted octanol–water partition coefficient (Wildman–Crippen LogP) is 2.40. The van der Waals surface area contributed by atoms with Gasteiger partial charge >= 0.3 is 0 Å². The number of halogens is 1. The molecule has 0 aromatic heterocycles. The van der Waals surface area contributed by atoms with Gasteiger partial charge in [-0.15, -0.1) is 0 Å². The molecule has 18 heavy (non-hydrogen) atoms. The van der Waals surface area contributed by atoms with Crippen molar-refractivity contribution in [1.29, 1.82) is 0 Å². The van der Waals surface area contributed by atoms with Crippen molar-refractivity contribution in [1.82, 2.24) is 4.90 Å². The van der Waals surface area contributed by atoms with E-state index in [0.29, 0.717) is 23.7 Å². The summed E-state index contributed by atoms with van der Waals surface area (Å²) in [4.78, 5) is 2.43. The Kier molecular flexibility index (Phi) is 4.59. The van der Waals surface area contributed by atoms with Gasteiger partial charge in [-0.1, -0.05) is 24.4 Å². The molecule has 0 bridgehead atoms. The fourth-order valence-electron chi connectivity index (χ4n) is 2.11. The van der Waals surface area contributed by atoms with Gasteiger partial charge in [0, 0.05) is 41.8 Å². The van der Waals surface area contributed by atoms with E-state index in [4.69, 9.17) is 18.0 Å². The molecule has 0 spiro atoms. The molecule has 2 rings (SSSR count). The Morgan fingerprint density at radius 1 is 1.61 bits per heavy atom. The van der Waals surface area contributed by atoms with Gasteiger partial charge in [-0.25, -0.2) is 4.39 Å². The van der Waals surface area contributed by atoms with Crippen LogP contribution in [0, 0.1) is 5.82 Å². The van der Waals surface area contributed by atoms with Crippen LogP contribution in [0.15, 0.2) is 18.2 Å². The normalized spacial score (nSPS) is 20.9. The number of thioether (sulfide) groups is 1. The Morgan fingerprint density at radius 3 is 3.06 bits per heavy atom. The minimum absolute atomic E-state index is 0.122. The Bertz CT molecular complexity index is 451. The maximum atomic E-state index is 14.2. The molecule has 1 unspecified atom stereocenters. The second kappa shape index (κ2) is 5.99. The molecule has 1 atom stereocenters. The summed E-state index contributed by atoms with van der Waals surface area (Å²) in [7, 11) is 0. The lowest BCUT2D eigenvalue weighted by molar-refractivity contribution is 0.221. The monoisotopic (exact) mass is 284 g/mol. The lowest BCUT2D eigenvalue weighted by Crippen LogP contribution is -2.39. The van der Waals surface area contributed by atoms with E-state index in [1.54, 1.807) is 6.07 Å². The molecule has 1 aromatic rings. The van der Waals surface area contributed by atoms with E-state index < -0.39 is 0 Å². The van der Waals surface area contributed by atoms with Crippen molar-refractivity contribution < 1.29 is 4.39 Å². The summed E-state index contributed by atoms with van der Waals surface area (Å²) >= 11 is 6.81. The number of benzene rings is 1. The van der Waals surface area contributed by atoms with E-state index in [1.807, 2.05) is 23.9 Å². The molecule has 1 aromatic carbocycles. The summed E-state index contributed by atoms with van der Waals surface area (Å²) in [5, 5.41) is 0. The van der Waals surface area contributed by atoms with Gasteiger partial charge in [-0.2, -0.15) is 11.8 Å². The SMILES string of the molecule is CC1CSCCN1Cc1cccc(C(N)=S)c1F. The van der Waals surface area contributed by atoms with Crippen LogP contribution in [0.25, 0.3) is 0 Å². The zero-order valence-corrected chi connectivity index (χ0v) is 12.0. The van der Waals surface area contributed by atoms with E-state index in [-0.39, 0.29) is 10.8 Å². The molecule has 1 aliphatic rings. The maximum Gasteiger partial charge on any atom is 0.137 e. The van der Waals surface area contributed by atoms with Crippen molar-refractivity contribution in [3.05, 3.63) is 35.1 Å². The Morgan fingerprint density at radius 2 is 2.39 bits per heavy atom. The minimum Gasteiger partial charge on any atom is -0.389 e. The molecule has 1 saturated heterocycles. The summed E-state index contributed by atoms with van der Waals surface area (Å²) < 4.78 is 14.2. The molecule has 0 aliphatic carbocycles. The van der Waals surface area contributed by atoms with Crippen molar-refractivity contribution in [2.75, 3.05) is 18.1 Å². The van der Waals surface area contributed by atoms with Gasteiger partial charge < -0.3 is 5.73 Å². The third-order valence-electron chi connectivity index (χ3n) is 3.22. The molecule has 5 heteroatoms. The number of rotatable bonds is 3. The van der Waals surface area contributed by atoms with E-state index in [0.717, 1.165) is 18.1 Å². The standard InChI is InChI=1S/C13H17FN2S2/c1-9-8-18-6-5-16(9)7-10-3-2-4-11(12(10)14)13(15)17/h2-4,9H,5-8H2,1H3,(H2,15,17). The average molecular weight is 284 g/mol. The van der Waals surface area contributed by atoms with Gasteiger partial charge in [0.1, 0.15) is 10.8 Å². The lowest BCUT2D eigenvalue weighted by Gasteiger charge is -2.33. The maximum absolute atomic E-state index is 14.2. The van der Waals surface area contributed by atoms with Crippen molar-refractivity contribution in [2.24, 2.45) is 5.73 Å². The Labute approximate surface area is 117 Å². The molecule has 1 fully saturated rings. The van der Waals surface area contributed by atoms with Crippen molar-refractivity contribution in [2.45, 2.75) is 19.5 Å². The number of thiocarbonyl (C=S) groups is 1. The third-order valence-corrected chi connectivity index (χ3v) is 4.63. The summed E-state index contributed by atoms with van der Waals surface area (Å²) in [6.07, 6.45) is 0. The van der Waals surface area contributed by atoms with Crippen molar-refractivity contribution >= 4 is 29.0 Å². The van der Waals surface area contributed by atoms with Gasteiger partial charge in [0.2, 0.25) is 0 Å². The predicted molar refractivity (Wildman–Crippen MR) is 79.5 cm³/mol. The molecule has 2 nitrogen and oxygen atoms in total. The largest absolute Gasteiger partial charge is 0.389 e. The number of nitrogens with two attached hydrogens (primary N) is 1. The molecule has 2 N–H and O–H groups in total. The molecule has 0 radical (unpaired) electrons. The van der Waals surface area contributed by atoms with Crippen LogP contribution in [0.1, 0.15) is 18.1 Å². The molecule has 0 saturated carbocycles. The highest BCUT2D eigenvalue weighted by atomic mass is 32.2. The quantitative estimate of drug-likeness (QED) is 0.863. The summed E-state index contributed by atoms with van der Waals surface area (Å²) in [5.41, 5.74) is 6.55. The van der Waals surface area contributed by atoms with E-state index in [9.17, 15) is 4.39 Å². The number of nitrogens with zero attached hydrogens (tertiary/aromatic N) is 1. The minimum atomic E-state index is -0.268. The Balaban J connectivity index is 2.18. The van der Waals surface area contributed by atoms with Crippen LogP contribution in [0.5, 0.6) is 0 Å². The van der Waals surface area contributed by atoms with Gasteiger partial charge in [0.25, 0.3) is 0 Å². The Hall–Kier alpha value is -0.650. The average Bonchev–Trinajstić information content (AvgIpc) is 2.34. The highest BCUT2D eigenvalue weighted by Crippen LogP contribution is 2.21. The molecule has 98 valence electrons. The molecule has 0 amide bonds. The van der Waals surface area contributed by atoms with Gasteiger partial charge in [0.05, 0.1) is 0 Å². The van der Waals surface area contributed by atoms with Crippen LogP contribution >= 0.6 is 24.0 Å². The first kappa shape index (κ1) is 13.8. The van der Waals surface area contributed by atoms with Crippen molar-refractivity contribution in [3.8, 4) is 0 Å². The third kappa shape index (κ3) is 3.02. The highest BCUT2D eigenvalue weighted by Gasteiger charge is 2.20. The first-order valence-electron chi connectivity index (χ1n) is 5.98. The van der Waals surface area contributed by atoms with Gasteiger partial charge in [-0.05, 0) is 13.0 Å². The van der Waals surface area contributed by atoms with Gasteiger partial charge in [-0.3, -0.25) is 4.90 Å². The second-order valence-electron chi connectivity index (χ2n) is 4.54. The van der Waals surface area contributed by atoms with Crippen LogP contribution in [-0.4, -0.2) is 34.0 Å². The lowest BCUT2D eigenvalue weighted by atomic mass is 10.1. The van der Waals surface area contributed by atoms with E-state index >= 15 is 0 Å². The van der Waals surface area contributed by atoms with E-state index in [1.165, 1.54) is 0 Å². The molecular weight excluding hydrogens is 267 g/mol. The van der Waals surface area contributed by atoms with Crippen LogP contribution in [0.3, 0.4) is 0 Å². The first-order chi connectivity index (χ1) is 8.59. The summed E-state index contributed by atoms with van der Waals surface area (Å²) in [6.45, 7) is 3.81.